The molecule has 8 heteroatoms. The predicted octanol–water partition coefficient (Wildman–Crippen LogP) is 1.43. The zero-order valence-electron chi connectivity index (χ0n) is 9.31. The highest BCUT2D eigenvalue weighted by atomic mass is 32.2. The van der Waals surface area contributed by atoms with E-state index in [0.717, 1.165) is 21.4 Å². The summed E-state index contributed by atoms with van der Waals surface area (Å²) in [6.07, 6.45) is 2.96. The van der Waals surface area contributed by atoms with Gasteiger partial charge < -0.3 is 0 Å². The van der Waals surface area contributed by atoms with Gasteiger partial charge in [-0.15, -0.1) is 0 Å². The molecule has 2 aromatic heterocycles. The van der Waals surface area contributed by atoms with E-state index in [2.05, 4.69) is 13.8 Å². The Hall–Kier alpha value is -1.80. The van der Waals surface area contributed by atoms with Crippen molar-refractivity contribution >= 4 is 32.8 Å². The van der Waals surface area contributed by atoms with Crippen molar-refractivity contribution in [3.63, 3.8) is 0 Å². The third kappa shape index (κ3) is 1.61. The first-order valence-electron chi connectivity index (χ1n) is 5.07. The van der Waals surface area contributed by atoms with Crippen molar-refractivity contribution < 1.29 is 8.42 Å². The third-order valence-corrected chi connectivity index (χ3v) is 4.58. The molecule has 18 heavy (non-hydrogen) atoms. The van der Waals surface area contributed by atoms with E-state index >= 15 is 0 Å². The molecule has 3 rings (SSSR count). The van der Waals surface area contributed by atoms with Crippen LogP contribution < -0.4 is 0 Å². The van der Waals surface area contributed by atoms with Crippen molar-refractivity contribution in [1.82, 2.24) is 17.9 Å². The Labute approximate surface area is 107 Å². The normalized spacial score (nSPS) is 12.1. The number of nitrogens with zero attached hydrogens (tertiary/aromatic N) is 4. The number of hydrogen-bond acceptors (Lipinski definition) is 6. The molecule has 3 aromatic rings. The molecule has 0 amide bonds. The van der Waals surface area contributed by atoms with Crippen molar-refractivity contribution in [3.8, 4) is 0 Å². The van der Waals surface area contributed by atoms with Gasteiger partial charge >= 0.3 is 0 Å². The minimum absolute atomic E-state index is 0.122. The maximum atomic E-state index is 12.4. The molecule has 0 aliphatic rings. The van der Waals surface area contributed by atoms with Gasteiger partial charge in [-0.1, -0.05) is 6.07 Å². The molecule has 92 valence electrons. The lowest BCUT2D eigenvalue weighted by atomic mass is 10.3. The van der Waals surface area contributed by atoms with Crippen LogP contribution in [0.15, 0.2) is 35.5 Å². The Morgan fingerprint density at radius 2 is 2.11 bits per heavy atom. The van der Waals surface area contributed by atoms with Crippen LogP contribution in [-0.2, 0) is 10.0 Å². The van der Waals surface area contributed by atoms with Gasteiger partial charge in [-0.05, 0) is 24.6 Å². The van der Waals surface area contributed by atoms with Gasteiger partial charge in [-0.25, -0.2) is 0 Å². The van der Waals surface area contributed by atoms with Crippen molar-refractivity contribution in [2.24, 2.45) is 0 Å². The Morgan fingerprint density at radius 3 is 2.83 bits per heavy atom. The molecule has 0 atom stereocenters. The van der Waals surface area contributed by atoms with Crippen LogP contribution >= 0.6 is 11.7 Å². The van der Waals surface area contributed by atoms with Gasteiger partial charge in [0.2, 0.25) is 0 Å². The van der Waals surface area contributed by atoms with Crippen molar-refractivity contribution in [3.05, 3.63) is 36.2 Å². The molecule has 0 unspecified atom stereocenters. The Balaban J connectivity index is 2.29. The highest BCUT2D eigenvalue weighted by molar-refractivity contribution is 7.90. The minimum Gasteiger partial charge on any atom is -0.199 e. The van der Waals surface area contributed by atoms with Crippen LogP contribution in [0.1, 0.15) is 5.56 Å². The molecule has 0 fully saturated rings. The summed E-state index contributed by atoms with van der Waals surface area (Å²) in [4.78, 5) is 0.122. The van der Waals surface area contributed by atoms with Gasteiger partial charge in [0.15, 0.2) is 0 Å². The molecular formula is C10H8N4O2S2. The first-order chi connectivity index (χ1) is 8.59. The highest BCUT2D eigenvalue weighted by Crippen LogP contribution is 2.22. The summed E-state index contributed by atoms with van der Waals surface area (Å²) in [5, 5.41) is 3.84. The number of aromatic nitrogens is 4. The summed E-state index contributed by atoms with van der Waals surface area (Å²) >= 11 is 0.989. The second-order valence-electron chi connectivity index (χ2n) is 3.78. The van der Waals surface area contributed by atoms with Gasteiger partial charge in [-0.2, -0.15) is 26.4 Å². The number of rotatable bonds is 2. The molecule has 6 nitrogen and oxygen atoms in total. The number of fused-ring (bicyclic) bond motifs is 1. The van der Waals surface area contributed by atoms with E-state index < -0.39 is 10.0 Å². The zero-order valence-corrected chi connectivity index (χ0v) is 10.9. The Morgan fingerprint density at radius 1 is 1.28 bits per heavy atom. The number of hydrogen-bond donors (Lipinski definition) is 0. The monoisotopic (exact) mass is 280 g/mol. The lowest BCUT2D eigenvalue weighted by molar-refractivity contribution is 0.581. The molecule has 0 saturated carbocycles. The summed E-state index contributed by atoms with van der Waals surface area (Å²) < 4.78 is 33.8. The Kier molecular flexibility index (Phi) is 2.42. The van der Waals surface area contributed by atoms with Gasteiger partial charge in [-0.3, -0.25) is 0 Å². The average Bonchev–Trinajstić information content (AvgIpc) is 2.96. The molecule has 0 aliphatic carbocycles. The first kappa shape index (κ1) is 11.3. The van der Waals surface area contributed by atoms with E-state index in [1.165, 1.54) is 18.5 Å². The van der Waals surface area contributed by atoms with Gasteiger partial charge in [0.05, 0.1) is 17.9 Å². The summed E-state index contributed by atoms with van der Waals surface area (Å²) in [7, 11) is -3.70. The predicted molar refractivity (Wildman–Crippen MR) is 67.0 cm³/mol. The van der Waals surface area contributed by atoms with E-state index in [9.17, 15) is 8.42 Å². The second-order valence-corrected chi connectivity index (χ2v) is 6.08. The standard InChI is InChI=1S/C10H8N4O2S2/c1-7-5-11-14(6-7)18(15,16)9-4-2-3-8-10(9)13-17-12-8/h2-6H,1H3. The fraction of sp³-hybridized carbons (Fsp3) is 0.100. The third-order valence-electron chi connectivity index (χ3n) is 2.46. The molecule has 0 saturated heterocycles. The quantitative estimate of drug-likeness (QED) is 0.709. The van der Waals surface area contributed by atoms with Crippen LogP contribution in [0.25, 0.3) is 11.0 Å². The molecule has 0 bridgehead atoms. The van der Waals surface area contributed by atoms with Crippen LogP contribution in [-0.4, -0.2) is 26.4 Å². The van der Waals surface area contributed by atoms with Gasteiger partial charge in [0.1, 0.15) is 15.9 Å². The van der Waals surface area contributed by atoms with Crippen LogP contribution in [0.3, 0.4) is 0 Å². The SMILES string of the molecule is Cc1cnn(S(=O)(=O)c2cccc3nsnc23)c1. The van der Waals surface area contributed by atoms with E-state index in [0.29, 0.717) is 11.0 Å². The Bertz CT molecular complexity index is 819. The number of benzene rings is 1. The summed E-state index contributed by atoms with van der Waals surface area (Å²) in [6.45, 7) is 1.78. The highest BCUT2D eigenvalue weighted by Gasteiger charge is 2.22. The topological polar surface area (TPSA) is 77.7 Å². The lowest BCUT2D eigenvalue weighted by Gasteiger charge is -2.03. The van der Waals surface area contributed by atoms with E-state index in [1.54, 1.807) is 19.1 Å². The van der Waals surface area contributed by atoms with Crippen molar-refractivity contribution in [1.29, 1.82) is 0 Å². The molecule has 1 aromatic carbocycles. The fourth-order valence-corrected chi connectivity index (χ4v) is 3.54. The van der Waals surface area contributed by atoms with Crippen LogP contribution in [0.4, 0.5) is 0 Å². The molecule has 0 spiro atoms. The maximum Gasteiger partial charge on any atom is 0.285 e. The van der Waals surface area contributed by atoms with Crippen molar-refractivity contribution in [2.45, 2.75) is 11.8 Å². The molecular weight excluding hydrogens is 272 g/mol. The lowest BCUT2D eigenvalue weighted by Crippen LogP contribution is -2.13. The smallest absolute Gasteiger partial charge is 0.199 e. The summed E-state index contributed by atoms with van der Waals surface area (Å²) in [6, 6.07) is 4.88. The van der Waals surface area contributed by atoms with E-state index in [4.69, 9.17) is 0 Å². The summed E-state index contributed by atoms with van der Waals surface area (Å²) in [5.41, 5.74) is 1.74. The van der Waals surface area contributed by atoms with Crippen LogP contribution in [0.2, 0.25) is 0 Å². The number of aryl methyl sites for hydroxylation is 1. The van der Waals surface area contributed by atoms with Crippen LogP contribution in [0.5, 0.6) is 0 Å². The molecule has 0 N–H and O–H groups in total. The van der Waals surface area contributed by atoms with E-state index in [1.807, 2.05) is 0 Å². The zero-order chi connectivity index (χ0) is 12.8. The average molecular weight is 280 g/mol. The largest absolute Gasteiger partial charge is 0.285 e. The maximum absolute atomic E-state index is 12.4. The van der Waals surface area contributed by atoms with Crippen molar-refractivity contribution in [2.75, 3.05) is 0 Å². The first-order valence-corrected chi connectivity index (χ1v) is 7.24. The minimum atomic E-state index is -3.70. The molecule has 0 radical (unpaired) electrons. The summed E-state index contributed by atoms with van der Waals surface area (Å²) in [5.74, 6) is 0. The fourth-order valence-electron chi connectivity index (χ4n) is 1.61. The second kappa shape index (κ2) is 3.85. The van der Waals surface area contributed by atoms with E-state index in [-0.39, 0.29) is 4.90 Å². The molecule has 2 heterocycles. The molecule has 0 aliphatic heterocycles. The van der Waals surface area contributed by atoms with Gasteiger partial charge in [0, 0.05) is 6.20 Å². The van der Waals surface area contributed by atoms with Gasteiger partial charge in [0.25, 0.3) is 10.0 Å². The van der Waals surface area contributed by atoms with Crippen LogP contribution in [0, 0.1) is 6.92 Å².